The van der Waals surface area contributed by atoms with Crippen molar-refractivity contribution >= 4 is 26.7 Å². The third kappa shape index (κ3) is 3.75. The number of sulfonamides is 1. The van der Waals surface area contributed by atoms with Gasteiger partial charge in [0.2, 0.25) is 10.0 Å². The number of aryl methyl sites for hydroxylation is 2. The summed E-state index contributed by atoms with van der Waals surface area (Å²) in [6.07, 6.45) is -2.78. The zero-order valence-electron chi connectivity index (χ0n) is 16.7. The Morgan fingerprint density at radius 2 is 1.63 bits per heavy atom. The van der Waals surface area contributed by atoms with E-state index < -0.39 is 22.3 Å². The summed E-state index contributed by atoms with van der Waals surface area (Å²) in [6, 6.07) is 12.1. The van der Waals surface area contributed by atoms with Crippen molar-refractivity contribution in [2.75, 3.05) is 31.1 Å². The molecule has 1 saturated heterocycles. The van der Waals surface area contributed by atoms with Gasteiger partial charge in [0.05, 0.1) is 10.4 Å². The van der Waals surface area contributed by atoms with Crippen molar-refractivity contribution in [2.45, 2.75) is 25.2 Å². The number of nitrogens with zero attached hydrogens (tertiary/aromatic N) is 4. The van der Waals surface area contributed by atoms with Crippen molar-refractivity contribution in [3.05, 3.63) is 59.4 Å². The van der Waals surface area contributed by atoms with Crippen molar-refractivity contribution in [3.8, 4) is 0 Å². The maximum absolute atomic E-state index is 13.3. The molecule has 0 spiro atoms. The number of hydrogen-bond acceptors (Lipinski definition) is 5. The first-order valence-corrected chi connectivity index (χ1v) is 11.1. The maximum Gasteiger partial charge on any atom is 0.297 e. The van der Waals surface area contributed by atoms with Crippen LogP contribution in [-0.4, -0.2) is 48.9 Å². The van der Waals surface area contributed by atoms with Gasteiger partial charge in [0, 0.05) is 31.6 Å². The first-order chi connectivity index (χ1) is 14.3. The lowest BCUT2D eigenvalue weighted by Crippen LogP contribution is -2.49. The lowest BCUT2D eigenvalue weighted by molar-refractivity contribution is 0.141. The predicted molar refractivity (Wildman–Crippen MR) is 111 cm³/mol. The van der Waals surface area contributed by atoms with E-state index in [0.29, 0.717) is 29.8 Å². The van der Waals surface area contributed by atoms with Gasteiger partial charge in [0.15, 0.2) is 5.82 Å². The van der Waals surface area contributed by atoms with Crippen LogP contribution < -0.4 is 4.90 Å². The Morgan fingerprint density at radius 3 is 2.30 bits per heavy atom. The highest BCUT2D eigenvalue weighted by molar-refractivity contribution is 7.89. The topological polar surface area (TPSA) is 66.4 Å². The number of aromatic nitrogens is 2. The normalized spacial score (nSPS) is 15.8. The van der Waals surface area contributed by atoms with Crippen LogP contribution in [0.25, 0.3) is 10.9 Å². The molecule has 1 aromatic heterocycles. The highest BCUT2D eigenvalue weighted by Crippen LogP contribution is 2.29. The van der Waals surface area contributed by atoms with Crippen LogP contribution in [0.1, 0.15) is 23.4 Å². The molecule has 1 aliphatic rings. The molecule has 0 saturated carbocycles. The van der Waals surface area contributed by atoms with Crippen LogP contribution in [0, 0.1) is 13.8 Å². The van der Waals surface area contributed by atoms with Crippen molar-refractivity contribution in [2.24, 2.45) is 0 Å². The van der Waals surface area contributed by atoms with Crippen LogP contribution in [0.2, 0.25) is 0 Å². The number of piperazine rings is 1. The van der Waals surface area contributed by atoms with Gasteiger partial charge >= 0.3 is 0 Å². The molecule has 2 heterocycles. The number of alkyl halides is 2. The summed E-state index contributed by atoms with van der Waals surface area (Å²) in [4.78, 5) is 10.2. The van der Waals surface area contributed by atoms with Gasteiger partial charge < -0.3 is 4.90 Å². The molecular formula is C21H22F2N4O2S. The minimum absolute atomic E-state index is 0.248. The molecule has 0 aliphatic carbocycles. The van der Waals surface area contributed by atoms with E-state index in [2.05, 4.69) is 9.97 Å². The summed E-state index contributed by atoms with van der Waals surface area (Å²) in [5.74, 6) is -0.104. The smallest absolute Gasteiger partial charge is 0.297 e. The predicted octanol–water partition coefficient (Wildman–Crippen LogP) is 3.70. The van der Waals surface area contributed by atoms with Gasteiger partial charge in [0.25, 0.3) is 6.43 Å². The number of benzene rings is 2. The second-order valence-corrected chi connectivity index (χ2v) is 9.30. The number of halogens is 2. The molecule has 1 aliphatic heterocycles. The maximum atomic E-state index is 13.3. The second kappa shape index (κ2) is 7.88. The SMILES string of the molecule is Cc1ccc(S(=O)(=O)N2CCN(c3nc(C(F)F)nc4ccccc34)CC2)cc1C. The molecule has 6 nitrogen and oxygen atoms in total. The zero-order valence-corrected chi connectivity index (χ0v) is 17.5. The van der Waals surface area contributed by atoms with Crippen LogP contribution in [0.3, 0.4) is 0 Å². The molecule has 30 heavy (non-hydrogen) atoms. The fraction of sp³-hybridized carbons (Fsp3) is 0.333. The summed E-state index contributed by atoms with van der Waals surface area (Å²) >= 11 is 0. The van der Waals surface area contributed by atoms with Crippen LogP contribution >= 0.6 is 0 Å². The quantitative estimate of drug-likeness (QED) is 0.629. The lowest BCUT2D eigenvalue weighted by atomic mass is 10.1. The second-order valence-electron chi connectivity index (χ2n) is 7.36. The summed E-state index contributed by atoms with van der Waals surface area (Å²) in [6.45, 7) is 5.02. The van der Waals surface area contributed by atoms with E-state index >= 15 is 0 Å². The summed E-state index contributed by atoms with van der Waals surface area (Å²) in [5, 5.41) is 0.673. The number of para-hydroxylation sites is 1. The first kappa shape index (κ1) is 20.6. The van der Waals surface area contributed by atoms with E-state index in [1.165, 1.54) is 4.31 Å². The van der Waals surface area contributed by atoms with Gasteiger partial charge in [-0.3, -0.25) is 0 Å². The fourth-order valence-corrected chi connectivity index (χ4v) is 5.09. The highest BCUT2D eigenvalue weighted by Gasteiger charge is 2.30. The molecule has 3 aromatic rings. The van der Waals surface area contributed by atoms with Gasteiger partial charge in [-0.1, -0.05) is 18.2 Å². The molecule has 0 bridgehead atoms. The van der Waals surface area contributed by atoms with Crippen LogP contribution in [0.4, 0.5) is 14.6 Å². The highest BCUT2D eigenvalue weighted by atomic mass is 32.2. The lowest BCUT2D eigenvalue weighted by Gasteiger charge is -2.35. The number of hydrogen-bond donors (Lipinski definition) is 0. The van der Waals surface area contributed by atoms with Gasteiger partial charge in [-0.2, -0.15) is 4.31 Å². The fourth-order valence-electron chi connectivity index (χ4n) is 3.58. The first-order valence-electron chi connectivity index (χ1n) is 9.64. The van der Waals surface area contributed by atoms with Gasteiger partial charge in [-0.05, 0) is 49.2 Å². The minimum atomic E-state index is -3.62. The van der Waals surface area contributed by atoms with Gasteiger partial charge in [-0.25, -0.2) is 27.2 Å². The molecule has 0 amide bonds. The molecule has 2 aromatic carbocycles. The van der Waals surface area contributed by atoms with Gasteiger partial charge in [-0.15, -0.1) is 0 Å². The summed E-state index contributed by atoms with van der Waals surface area (Å²) in [5.41, 5.74) is 2.40. The summed E-state index contributed by atoms with van der Waals surface area (Å²) in [7, 11) is -3.62. The Kier molecular flexibility index (Phi) is 5.42. The van der Waals surface area contributed by atoms with E-state index in [9.17, 15) is 17.2 Å². The van der Waals surface area contributed by atoms with Crippen LogP contribution in [0.5, 0.6) is 0 Å². The molecule has 158 valence electrons. The van der Waals surface area contributed by atoms with Crippen molar-refractivity contribution < 1.29 is 17.2 Å². The van der Waals surface area contributed by atoms with E-state index in [4.69, 9.17) is 0 Å². The third-order valence-electron chi connectivity index (χ3n) is 5.45. The average Bonchev–Trinajstić information content (AvgIpc) is 2.74. The van der Waals surface area contributed by atoms with Crippen molar-refractivity contribution in [1.82, 2.24) is 14.3 Å². The standard InChI is InChI=1S/C21H22F2N4O2S/c1-14-7-8-16(13-15(14)2)30(28,29)27-11-9-26(10-12-27)21-17-5-3-4-6-18(17)24-20(25-21)19(22)23/h3-8,13,19H,9-12H2,1-2H3. The van der Waals surface area contributed by atoms with Crippen molar-refractivity contribution in [1.29, 1.82) is 0 Å². The molecule has 0 radical (unpaired) electrons. The molecule has 9 heteroatoms. The minimum Gasteiger partial charge on any atom is -0.353 e. The average molecular weight is 432 g/mol. The van der Waals surface area contributed by atoms with E-state index in [-0.39, 0.29) is 18.0 Å². The molecule has 0 atom stereocenters. The van der Waals surface area contributed by atoms with Gasteiger partial charge in [0.1, 0.15) is 5.82 Å². The third-order valence-corrected chi connectivity index (χ3v) is 7.34. The largest absolute Gasteiger partial charge is 0.353 e. The Labute approximate surface area is 174 Å². The summed E-state index contributed by atoms with van der Waals surface area (Å²) < 4.78 is 54.1. The van der Waals surface area contributed by atoms with Crippen LogP contribution in [0.15, 0.2) is 47.4 Å². The number of fused-ring (bicyclic) bond motifs is 1. The van der Waals surface area contributed by atoms with Crippen LogP contribution in [-0.2, 0) is 10.0 Å². The number of rotatable bonds is 4. The Morgan fingerprint density at radius 1 is 0.933 bits per heavy atom. The van der Waals surface area contributed by atoms with Crippen molar-refractivity contribution in [3.63, 3.8) is 0 Å². The molecule has 1 fully saturated rings. The molecule has 0 unspecified atom stereocenters. The number of anilines is 1. The van der Waals surface area contributed by atoms with E-state index in [1.807, 2.05) is 18.7 Å². The Balaban J connectivity index is 1.60. The molecular weight excluding hydrogens is 410 g/mol. The Bertz CT molecular complexity index is 1190. The zero-order chi connectivity index (χ0) is 21.5. The van der Waals surface area contributed by atoms with E-state index in [0.717, 1.165) is 11.1 Å². The Hall–Kier alpha value is -2.65. The molecule has 4 rings (SSSR count). The molecule has 0 N–H and O–H groups in total. The van der Waals surface area contributed by atoms with E-state index in [1.54, 1.807) is 42.5 Å². The monoisotopic (exact) mass is 432 g/mol.